The average molecular weight is 243 g/mol. The highest BCUT2D eigenvalue weighted by Crippen LogP contribution is 2.24. The van der Waals surface area contributed by atoms with Crippen LogP contribution in [0, 0.1) is 5.92 Å². The van der Waals surface area contributed by atoms with E-state index in [2.05, 4.69) is 10.3 Å². The fraction of sp³-hybridized carbons (Fsp3) is 0.429. The number of rotatable bonds is 2. The van der Waals surface area contributed by atoms with Crippen LogP contribution in [0.3, 0.4) is 0 Å². The third-order valence-electron chi connectivity index (χ3n) is 3.59. The van der Waals surface area contributed by atoms with Gasteiger partial charge in [-0.3, -0.25) is 4.79 Å². The van der Waals surface area contributed by atoms with Crippen molar-refractivity contribution in [1.29, 1.82) is 0 Å². The molecule has 0 aliphatic heterocycles. The van der Waals surface area contributed by atoms with E-state index in [1.54, 1.807) is 0 Å². The Hall–Kier alpha value is -1.84. The molecule has 2 aromatic rings. The number of carbonyl (C=O) groups is 1. The molecule has 0 aromatic carbocycles. The number of nitrogens with zero attached hydrogens (tertiary/aromatic N) is 2. The second-order valence-corrected chi connectivity index (χ2v) is 4.92. The lowest BCUT2D eigenvalue weighted by molar-refractivity contribution is -0.120. The molecule has 1 amide bonds. The summed E-state index contributed by atoms with van der Waals surface area (Å²) in [7, 11) is 0. The molecule has 1 fully saturated rings. The summed E-state index contributed by atoms with van der Waals surface area (Å²) in [6, 6.07) is 5.81. The van der Waals surface area contributed by atoms with Crippen LogP contribution in [-0.4, -0.2) is 15.3 Å². The van der Waals surface area contributed by atoms with Crippen LogP contribution in [0.25, 0.3) is 5.65 Å². The lowest BCUT2D eigenvalue weighted by atomic mass is 9.89. The molecule has 2 heterocycles. The Labute approximate surface area is 106 Å². The van der Waals surface area contributed by atoms with Crippen molar-refractivity contribution in [2.45, 2.75) is 32.1 Å². The van der Waals surface area contributed by atoms with Gasteiger partial charge in [-0.1, -0.05) is 25.3 Å². The van der Waals surface area contributed by atoms with Crippen molar-refractivity contribution < 1.29 is 4.79 Å². The van der Waals surface area contributed by atoms with Gasteiger partial charge < -0.3 is 9.72 Å². The van der Waals surface area contributed by atoms with E-state index in [4.69, 9.17) is 0 Å². The minimum Gasteiger partial charge on any atom is -0.309 e. The minimum absolute atomic E-state index is 0.123. The van der Waals surface area contributed by atoms with E-state index >= 15 is 0 Å². The van der Waals surface area contributed by atoms with Gasteiger partial charge in [0.1, 0.15) is 5.65 Å². The van der Waals surface area contributed by atoms with E-state index in [1.807, 2.05) is 35.0 Å². The predicted octanol–water partition coefficient (Wildman–Crippen LogP) is 2.85. The fourth-order valence-corrected chi connectivity index (χ4v) is 2.59. The first kappa shape index (κ1) is 11.3. The van der Waals surface area contributed by atoms with Crippen molar-refractivity contribution in [3.8, 4) is 0 Å². The zero-order valence-electron chi connectivity index (χ0n) is 10.3. The molecule has 0 radical (unpaired) electrons. The van der Waals surface area contributed by atoms with Gasteiger partial charge >= 0.3 is 0 Å². The number of pyridine rings is 1. The number of imidazole rings is 1. The monoisotopic (exact) mass is 243 g/mol. The Morgan fingerprint density at radius 1 is 1.28 bits per heavy atom. The van der Waals surface area contributed by atoms with Gasteiger partial charge in [0.2, 0.25) is 5.91 Å². The molecule has 1 N–H and O–H groups in total. The Morgan fingerprint density at radius 2 is 2.11 bits per heavy atom. The number of fused-ring (bicyclic) bond motifs is 1. The zero-order valence-corrected chi connectivity index (χ0v) is 10.3. The summed E-state index contributed by atoms with van der Waals surface area (Å²) in [4.78, 5) is 16.5. The fourth-order valence-electron chi connectivity index (χ4n) is 2.59. The number of hydrogen-bond acceptors (Lipinski definition) is 2. The lowest BCUT2D eigenvalue weighted by Gasteiger charge is -2.19. The van der Waals surface area contributed by atoms with Crippen LogP contribution >= 0.6 is 0 Å². The molecule has 4 heteroatoms. The Balaban J connectivity index is 1.73. The van der Waals surface area contributed by atoms with Crippen LogP contribution in [0.1, 0.15) is 32.1 Å². The van der Waals surface area contributed by atoms with Gasteiger partial charge in [0.15, 0.2) is 5.82 Å². The summed E-state index contributed by atoms with van der Waals surface area (Å²) in [5.74, 6) is 0.943. The van der Waals surface area contributed by atoms with Crippen molar-refractivity contribution in [3.63, 3.8) is 0 Å². The molecule has 1 aliphatic carbocycles. The molecule has 18 heavy (non-hydrogen) atoms. The maximum Gasteiger partial charge on any atom is 0.228 e. The molecule has 0 bridgehead atoms. The third-order valence-corrected chi connectivity index (χ3v) is 3.59. The first-order valence-corrected chi connectivity index (χ1v) is 6.57. The van der Waals surface area contributed by atoms with Gasteiger partial charge in [-0.15, -0.1) is 0 Å². The smallest absolute Gasteiger partial charge is 0.228 e. The van der Waals surface area contributed by atoms with Crippen LogP contribution in [0.15, 0.2) is 30.6 Å². The van der Waals surface area contributed by atoms with Crippen molar-refractivity contribution in [2.24, 2.45) is 5.92 Å². The summed E-state index contributed by atoms with van der Waals surface area (Å²) in [5, 5.41) is 2.93. The van der Waals surface area contributed by atoms with Crippen LogP contribution in [0.5, 0.6) is 0 Å². The Morgan fingerprint density at radius 3 is 2.89 bits per heavy atom. The predicted molar refractivity (Wildman–Crippen MR) is 70.4 cm³/mol. The van der Waals surface area contributed by atoms with Crippen molar-refractivity contribution in [3.05, 3.63) is 30.6 Å². The minimum atomic E-state index is 0.123. The summed E-state index contributed by atoms with van der Waals surface area (Å²) >= 11 is 0. The second kappa shape index (κ2) is 4.80. The lowest BCUT2D eigenvalue weighted by Crippen LogP contribution is -2.24. The average Bonchev–Trinajstić information content (AvgIpc) is 2.82. The Kier molecular flexibility index (Phi) is 3.00. The number of hydrogen-bond donors (Lipinski definition) is 1. The van der Waals surface area contributed by atoms with Crippen molar-refractivity contribution in [1.82, 2.24) is 9.38 Å². The second-order valence-electron chi connectivity index (χ2n) is 4.92. The maximum absolute atomic E-state index is 12.1. The van der Waals surface area contributed by atoms with Crippen LogP contribution in [0.2, 0.25) is 0 Å². The van der Waals surface area contributed by atoms with E-state index < -0.39 is 0 Å². The maximum atomic E-state index is 12.1. The van der Waals surface area contributed by atoms with Gasteiger partial charge in [-0.25, -0.2) is 4.98 Å². The molecular formula is C14H17N3O. The molecule has 2 aromatic heterocycles. The first-order chi connectivity index (χ1) is 8.83. The van der Waals surface area contributed by atoms with Gasteiger partial charge in [0.05, 0.1) is 6.20 Å². The molecule has 94 valence electrons. The number of aromatic nitrogens is 2. The van der Waals surface area contributed by atoms with Crippen molar-refractivity contribution in [2.75, 3.05) is 5.32 Å². The number of anilines is 1. The molecule has 0 spiro atoms. The molecular weight excluding hydrogens is 226 g/mol. The van der Waals surface area contributed by atoms with Gasteiger partial charge in [0.25, 0.3) is 0 Å². The standard InChI is InChI=1S/C14H17N3O/c18-14(11-6-2-1-3-7-11)16-12-10-17-9-5-4-8-13(17)15-12/h4-5,8-11H,1-3,6-7H2,(H,16,18). The summed E-state index contributed by atoms with van der Waals surface area (Å²) < 4.78 is 1.91. The van der Waals surface area contributed by atoms with E-state index in [0.717, 1.165) is 18.5 Å². The van der Waals surface area contributed by atoms with Gasteiger partial charge in [0, 0.05) is 12.1 Å². The molecule has 1 saturated carbocycles. The quantitative estimate of drug-likeness (QED) is 0.881. The molecule has 0 unspecified atom stereocenters. The highest BCUT2D eigenvalue weighted by molar-refractivity contribution is 5.91. The molecule has 3 rings (SSSR count). The molecule has 0 saturated heterocycles. The van der Waals surface area contributed by atoms with E-state index in [-0.39, 0.29) is 11.8 Å². The number of nitrogens with one attached hydrogen (secondary N) is 1. The summed E-state index contributed by atoms with van der Waals surface area (Å²) in [6.07, 6.45) is 9.41. The van der Waals surface area contributed by atoms with Crippen LogP contribution < -0.4 is 5.32 Å². The molecule has 1 aliphatic rings. The van der Waals surface area contributed by atoms with Crippen LogP contribution in [-0.2, 0) is 4.79 Å². The largest absolute Gasteiger partial charge is 0.309 e. The van der Waals surface area contributed by atoms with Gasteiger partial charge in [-0.05, 0) is 25.0 Å². The Bertz CT molecular complexity index is 522. The number of carbonyl (C=O) groups excluding carboxylic acids is 1. The van der Waals surface area contributed by atoms with E-state index in [9.17, 15) is 4.79 Å². The van der Waals surface area contributed by atoms with Crippen LogP contribution in [0.4, 0.5) is 5.82 Å². The van der Waals surface area contributed by atoms with E-state index in [0.29, 0.717) is 5.82 Å². The SMILES string of the molecule is O=C(Nc1cn2ccccc2n1)C1CCCCC1. The normalized spacial score (nSPS) is 16.9. The summed E-state index contributed by atoms with van der Waals surface area (Å²) in [6.45, 7) is 0. The van der Waals surface area contributed by atoms with Gasteiger partial charge in [-0.2, -0.15) is 0 Å². The number of amides is 1. The zero-order chi connectivity index (χ0) is 12.4. The van der Waals surface area contributed by atoms with E-state index in [1.165, 1.54) is 19.3 Å². The summed E-state index contributed by atoms with van der Waals surface area (Å²) in [5.41, 5.74) is 0.858. The third kappa shape index (κ3) is 2.23. The highest BCUT2D eigenvalue weighted by atomic mass is 16.1. The molecule has 4 nitrogen and oxygen atoms in total. The topological polar surface area (TPSA) is 46.4 Å². The first-order valence-electron chi connectivity index (χ1n) is 6.57. The van der Waals surface area contributed by atoms with Crippen molar-refractivity contribution >= 4 is 17.4 Å². The highest BCUT2D eigenvalue weighted by Gasteiger charge is 2.21. The molecule has 0 atom stereocenters.